The number of carbonyl (C=O) groups is 1. The molecule has 2 aromatic rings. The molecule has 0 spiro atoms. The molecule has 1 heterocycles. The molecule has 0 aliphatic carbocycles. The zero-order chi connectivity index (χ0) is 20.8. The lowest BCUT2D eigenvalue weighted by Crippen LogP contribution is -2.25. The van der Waals surface area contributed by atoms with Crippen molar-refractivity contribution in [2.24, 2.45) is 10.2 Å². The summed E-state index contributed by atoms with van der Waals surface area (Å²) in [5.41, 5.74) is 2.91. The lowest BCUT2D eigenvalue weighted by Gasteiger charge is -2.11. The highest BCUT2D eigenvalue weighted by molar-refractivity contribution is 8.15. The van der Waals surface area contributed by atoms with Crippen LogP contribution in [0.15, 0.2) is 63.6 Å². The van der Waals surface area contributed by atoms with Crippen LogP contribution in [0.2, 0.25) is 0 Å². The summed E-state index contributed by atoms with van der Waals surface area (Å²) in [4.78, 5) is 14.7. The van der Waals surface area contributed by atoms with Crippen LogP contribution >= 0.6 is 23.5 Å². The van der Waals surface area contributed by atoms with Crippen molar-refractivity contribution in [3.05, 3.63) is 59.7 Å². The van der Waals surface area contributed by atoms with Crippen molar-refractivity contribution in [3.8, 4) is 0 Å². The first kappa shape index (κ1) is 21.3. The molecule has 1 N–H and O–H groups in total. The van der Waals surface area contributed by atoms with Gasteiger partial charge in [-0.3, -0.25) is 4.79 Å². The molecule has 3 rings (SSSR count). The Morgan fingerprint density at radius 2 is 1.86 bits per heavy atom. The summed E-state index contributed by atoms with van der Waals surface area (Å²) in [6, 6.07) is 14.7. The minimum absolute atomic E-state index is 0.134. The molecule has 0 aromatic heterocycles. The Bertz CT molecular complexity index is 900. The van der Waals surface area contributed by atoms with Gasteiger partial charge in [0.25, 0.3) is 5.76 Å². The van der Waals surface area contributed by atoms with Gasteiger partial charge in [-0.25, -0.2) is 0 Å². The fourth-order valence-electron chi connectivity index (χ4n) is 2.61. The third kappa shape index (κ3) is 6.30. The highest BCUT2D eigenvalue weighted by atomic mass is 32.2. The Labute approximate surface area is 176 Å². The lowest BCUT2D eigenvalue weighted by molar-refractivity contribution is -0.118. The fraction of sp³-hybridized carbons (Fsp3) is 0.250. The fourth-order valence-corrected chi connectivity index (χ4v) is 4.08. The molecule has 1 aliphatic heterocycles. The predicted octanol–water partition coefficient (Wildman–Crippen LogP) is 4.23. The van der Waals surface area contributed by atoms with Crippen LogP contribution < -0.4 is 10.2 Å². The molecule has 152 valence electrons. The van der Waals surface area contributed by atoms with Crippen molar-refractivity contribution in [3.63, 3.8) is 0 Å². The van der Waals surface area contributed by atoms with E-state index in [1.807, 2.05) is 43.3 Å². The van der Waals surface area contributed by atoms with E-state index in [-0.39, 0.29) is 11.2 Å². The summed E-state index contributed by atoms with van der Waals surface area (Å²) >= 11 is 1.82. The third-order valence-corrected chi connectivity index (χ3v) is 5.91. The van der Waals surface area contributed by atoms with E-state index in [1.165, 1.54) is 11.8 Å². The molecule has 1 aliphatic rings. The maximum atomic E-state index is 12.4. The molecule has 2 aromatic carbocycles. The van der Waals surface area contributed by atoms with Crippen LogP contribution in [0.25, 0.3) is 0 Å². The van der Waals surface area contributed by atoms with E-state index >= 15 is 0 Å². The number of thioether (sulfide) groups is 2. The number of nitrogens with zero attached hydrogens (tertiary/aromatic N) is 3. The average molecular weight is 435 g/mol. The van der Waals surface area contributed by atoms with E-state index in [0.717, 1.165) is 16.8 Å². The van der Waals surface area contributed by atoms with Crippen molar-refractivity contribution in [1.82, 2.24) is 5.32 Å². The van der Waals surface area contributed by atoms with Gasteiger partial charge in [0.05, 0.1) is 11.5 Å². The normalized spacial score (nSPS) is 18.0. The highest BCUT2D eigenvalue weighted by Gasteiger charge is 2.30. The van der Waals surface area contributed by atoms with Crippen LogP contribution in [0.1, 0.15) is 11.1 Å². The second kappa shape index (κ2) is 9.89. The van der Waals surface area contributed by atoms with Crippen LogP contribution in [-0.4, -0.2) is 42.4 Å². The largest absolute Gasteiger partial charge is 0.378 e. The summed E-state index contributed by atoms with van der Waals surface area (Å²) in [5, 5.41) is 11.0. The third-order valence-electron chi connectivity index (χ3n) is 4.11. The van der Waals surface area contributed by atoms with Crippen LogP contribution in [0.5, 0.6) is 0 Å². The summed E-state index contributed by atoms with van der Waals surface area (Å²) < 4.78 is 24.8. The molecule has 1 atom stereocenters. The van der Waals surface area contributed by atoms with Crippen LogP contribution in [0.3, 0.4) is 0 Å². The molecule has 0 unspecified atom stereocenters. The molecule has 0 bridgehead atoms. The minimum Gasteiger partial charge on any atom is -0.378 e. The number of carbonyl (C=O) groups excluding carboxylic acids is 1. The first-order valence-corrected chi connectivity index (χ1v) is 10.6. The summed E-state index contributed by atoms with van der Waals surface area (Å²) in [5.74, 6) is -2.58. The molecular weight excluding hydrogens is 414 g/mol. The number of nitrogens with one attached hydrogen (secondary N) is 1. The molecule has 29 heavy (non-hydrogen) atoms. The van der Waals surface area contributed by atoms with Crippen molar-refractivity contribution in [1.29, 1.82) is 0 Å². The van der Waals surface area contributed by atoms with Crippen molar-refractivity contribution in [2.75, 3.05) is 19.0 Å². The smallest absolute Gasteiger partial charge is 0.288 e. The van der Waals surface area contributed by atoms with Crippen molar-refractivity contribution in [2.45, 2.75) is 22.3 Å². The SMILES string of the molecule is CN(C)c1ccc(/C=N\N=C2\NC(=O)[C@H](Cc3ccc(SC(F)F)cc3)S2)cc1. The topological polar surface area (TPSA) is 57.1 Å². The van der Waals surface area contributed by atoms with Gasteiger partial charge in [0.2, 0.25) is 5.91 Å². The number of rotatable bonds is 7. The van der Waals surface area contributed by atoms with Gasteiger partial charge in [-0.1, -0.05) is 47.8 Å². The zero-order valence-electron chi connectivity index (χ0n) is 15.9. The lowest BCUT2D eigenvalue weighted by atomic mass is 10.1. The summed E-state index contributed by atoms with van der Waals surface area (Å²) in [6.45, 7) is 0. The zero-order valence-corrected chi connectivity index (χ0v) is 17.5. The number of hydrogen-bond donors (Lipinski definition) is 1. The highest BCUT2D eigenvalue weighted by Crippen LogP contribution is 2.27. The number of benzene rings is 2. The Morgan fingerprint density at radius 1 is 1.17 bits per heavy atom. The van der Waals surface area contributed by atoms with Crippen molar-refractivity contribution < 1.29 is 13.6 Å². The molecular formula is C20H20F2N4OS2. The van der Waals surface area contributed by atoms with Gasteiger partial charge < -0.3 is 10.2 Å². The van der Waals surface area contributed by atoms with Gasteiger partial charge in [-0.05, 0) is 41.8 Å². The minimum atomic E-state index is -2.44. The Kier molecular flexibility index (Phi) is 7.27. The quantitative estimate of drug-likeness (QED) is 0.403. The van der Waals surface area contributed by atoms with Gasteiger partial charge in [0, 0.05) is 24.7 Å². The van der Waals surface area contributed by atoms with Crippen LogP contribution in [-0.2, 0) is 11.2 Å². The van der Waals surface area contributed by atoms with Gasteiger partial charge in [0.15, 0.2) is 5.17 Å². The monoisotopic (exact) mass is 434 g/mol. The predicted molar refractivity (Wildman–Crippen MR) is 117 cm³/mol. The number of amidine groups is 1. The van der Waals surface area contributed by atoms with Gasteiger partial charge >= 0.3 is 0 Å². The van der Waals surface area contributed by atoms with E-state index in [1.54, 1.807) is 30.5 Å². The van der Waals surface area contributed by atoms with Crippen LogP contribution in [0.4, 0.5) is 14.5 Å². The Hall–Kier alpha value is -2.39. The number of hydrogen-bond acceptors (Lipinski definition) is 6. The molecule has 0 saturated carbocycles. The molecule has 1 saturated heterocycles. The average Bonchev–Trinajstić information content (AvgIpc) is 3.02. The first-order valence-electron chi connectivity index (χ1n) is 8.80. The maximum absolute atomic E-state index is 12.4. The Balaban J connectivity index is 1.56. The standard InChI is InChI=1S/C20H20F2N4OS2/c1-26(2)15-7-3-14(4-8-15)12-23-25-20-24-18(27)17(29-20)11-13-5-9-16(10-6-13)28-19(21)22/h3-10,12,17,19H,11H2,1-2H3,(H,24,25,27)/b23-12-/t17-/m0/s1. The summed E-state index contributed by atoms with van der Waals surface area (Å²) in [6.07, 6.45) is 2.12. The van der Waals surface area contributed by atoms with Gasteiger partial charge in [-0.2, -0.15) is 13.9 Å². The number of alkyl halides is 2. The van der Waals surface area contributed by atoms with E-state index in [4.69, 9.17) is 0 Å². The van der Waals surface area contributed by atoms with Gasteiger partial charge in [0.1, 0.15) is 0 Å². The number of anilines is 1. The summed E-state index contributed by atoms with van der Waals surface area (Å²) in [7, 11) is 3.95. The van der Waals surface area contributed by atoms with Crippen molar-refractivity contribution >= 4 is 46.5 Å². The van der Waals surface area contributed by atoms with E-state index < -0.39 is 5.76 Å². The molecule has 9 heteroatoms. The first-order chi connectivity index (χ1) is 13.9. The molecule has 1 amide bonds. The Morgan fingerprint density at radius 3 is 2.48 bits per heavy atom. The maximum Gasteiger partial charge on any atom is 0.288 e. The molecule has 1 fully saturated rings. The van der Waals surface area contributed by atoms with Gasteiger partial charge in [-0.15, -0.1) is 5.10 Å². The van der Waals surface area contributed by atoms with E-state index in [0.29, 0.717) is 28.2 Å². The number of halogens is 2. The molecule has 0 radical (unpaired) electrons. The molecule has 5 nitrogen and oxygen atoms in total. The second-order valence-corrected chi connectivity index (χ2v) is 8.71. The van der Waals surface area contributed by atoms with E-state index in [2.05, 4.69) is 15.5 Å². The number of amides is 1. The van der Waals surface area contributed by atoms with E-state index in [9.17, 15) is 13.6 Å². The second-order valence-electron chi connectivity index (χ2n) is 6.46. The van der Waals surface area contributed by atoms with Crippen LogP contribution in [0, 0.1) is 0 Å².